The fourth-order valence-corrected chi connectivity index (χ4v) is 1.10. The van der Waals surface area contributed by atoms with Crippen LogP contribution in [0.15, 0.2) is 23.8 Å². The molecule has 0 radical (unpaired) electrons. The monoisotopic (exact) mass is 143 g/mol. The van der Waals surface area contributed by atoms with Crippen molar-refractivity contribution in [3.05, 3.63) is 23.8 Å². The Morgan fingerprint density at radius 2 is 2.11 bits per heavy atom. The van der Waals surface area contributed by atoms with Crippen molar-refractivity contribution in [2.75, 3.05) is 20.4 Å². The van der Waals surface area contributed by atoms with Crippen LogP contribution in [-0.2, 0) is 0 Å². The van der Waals surface area contributed by atoms with E-state index in [4.69, 9.17) is 0 Å². The maximum atomic E-state index is 3.61. The number of nitrogens with zero attached hydrogens (tertiary/aromatic N) is 1. The third kappa shape index (κ3) is 3.25. The summed E-state index contributed by atoms with van der Waals surface area (Å²) < 4.78 is 0. The zero-order valence-corrected chi connectivity index (χ0v) is 7.03. The average Bonchev–Trinajstić information content (AvgIpc) is 1.82. The van der Waals surface area contributed by atoms with E-state index in [1.165, 1.54) is 5.03 Å². The highest BCUT2D eigenvalue weighted by Crippen LogP contribution is 2.12. The molecule has 0 saturated heterocycles. The lowest BCUT2D eigenvalue weighted by atomic mass is 10.6. The van der Waals surface area contributed by atoms with Crippen LogP contribution in [0, 0.1) is 0 Å². The predicted octanol–water partition coefficient (Wildman–Crippen LogP) is 1.94. The van der Waals surface area contributed by atoms with E-state index in [1.807, 2.05) is 20.2 Å². The highest BCUT2D eigenvalue weighted by molar-refractivity contribution is 8.02. The molecule has 0 heterocycles. The van der Waals surface area contributed by atoms with Crippen LogP contribution in [-0.4, -0.2) is 25.3 Å². The van der Waals surface area contributed by atoms with Gasteiger partial charge in [-0.15, -0.1) is 11.8 Å². The van der Waals surface area contributed by atoms with E-state index < -0.39 is 0 Å². The van der Waals surface area contributed by atoms with Crippen molar-refractivity contribution >= 4 is 11.8 Å². The molecule has 0 aliphatic rings. The molecule has 0 rings (SSSR count). The average molecular weight is 143 g/mol. The van der Waals surface area contributed by atoms with Crippen molar-refractivity contribution in [1.29, 1.82) is 0 Å². The van der Waals surface area contributed by atoms with Crippen molar-refractivity contribution in [3.8, 4) is 0 Å². The Hall–Kier alpha value is -0.370. The van der Waals surface area contributed by atoms with Gasteiger partial charge in [-0.2, -0.15) is 0 Å². The van der Waals surface area contributed by atoms with Gasteiger partial charge in [0.1, 0.15) is 0 Å². The minimum absolute atomic E-state index is 1.23. The fourth-order valence-electron chi connectivity index (χ4n) is 0.501. The summed E-state index contributed by atoms with van der Waals surface area (Å²) in [5.41, 5.74) is 0. The summed E-state index contributed by atoms with van der Waals surface area (Å²) in [6.07, 6.45) is 5.84. The Labute approximate surface area is 61.4 Å². The molecule has 0 amide bonds. The summed E-state index contributed by atoms with van der Waals surface area (Å²) >= 11 is 1.72. The maximum absolute atomic E-state index is 3.61. The molecule has 1 nitrogen and oxygen atoms in total. The molecule has 0 N–H and O–H groups in total. The molecule has 0 aromatic rings. The Kier molecular flexibility index (Phi) is 4.32. The molecule has 0 spiro atoms. The summed E-state index contributed by atoms with van der Waals surface area (Å²) in [5.74, 6) is 0. The fraction of sp³-hybridized carbons (Fsp3) is 0.429. The van der Waals surface area contributed by atoms with Crippen molar-refractivity contribution in [2.24, 2.45) is 0 Å². The van der Waals surface area contributed by atoms with E-state index in [0.717, 1.165) is 0 Å². The number of thioether (sulfide) groups is 1. The van der Waals surface area contributed by atoms with Gasteiger partial charge in [0.15, 0.2) is 0 Å². The number of allylic oxidation sites excluding steroid dienone is 2. The quantitative estimate of drug-likeness (QED) is 0.555. The smallest absolute Gasteiger partial charge is 0.0699 e. The first-order valence-corrected chi connectivity index (χ1v) is 3.99. The molecule has 2 heteroatoms. The van der Waals surface area contributed by atoms with Gasteiger partial charge in [0.2, 0.25) is 0 Å². The third-order valence-electron chi connectivity index (χ3n) is 0.910. The lowest BCUT2D eigenvalue weighted by molar-refractivity contribution is 0.550. The van der Waals surface area contributed by atoms with Crippen LogP contribution in [0.25, 0.3) is 0 Å². The Morgan fingerprint density at radius 1 is 1.56 bits per heavy atom. The molecule has 0 atom stereocenters. The molecule has 0 saturated carbocycles. The topological polar surface area (TPSA) is 3.24 Å². The van der Waals surface area contributed by atoms with Crippen molar-refractivity contribution < 1.29 is 0 Å². The van der Waals surface area contributed by atoms with Gasteiger partial charge in [-0.1, -0.05) is 12.7 Å². The first-order chi connectivity index (χ1) is 4.22. The van der Waals surface area contributed by atoms with Crippen molar-refractivity contribution in [1.82, 2.24) is 4.90 Å². The van der Waals surface area contributed by atoms with Crippen LogP contribution in [0.2, 0.25) is 0 Å². The third-order valence-corrected chi connectivity index (χ3v) is 1.83. The van der Waals surface area contributed by atoms with Gasteiger partial charge in [-0.05, 0) is 12.3 Å². The summed E-state index contributed by atoms with van der Waals surface area (Å²) in [4.78, 5) is 2.06. The predicted molar refractivity (Wildman–Crippen MR) is 45.5 cm³/mol. The second-order valence-electron chi connectivity index (χ2n) is 1.84. The van der Waals surface area contributed by atoms with Crippen LogP contribution in [0.3, 0.4) is 0 Å². The SMILES string of the molecule is C=C/C=C(\SC)N(C)C. The lowest BCUT2D eigenvalue weighted by Crippen LogP contribution is -2.07. The molecule has 0 aliphatic carbocycles. The maximum Gasteiger partial charge on any atom is 0.0699 e. The Morgan fingerprint density at radius 3 is 2.22 bits per heavy atom. The van der Waals surface area contributed by atoms with Gasteiger partial charge in [-0.25, -0.2) is 0 Å². The lowest BCUT2D eigenvalue weighted by Gasteiger charge is -2.13. The number of hydrogen-bond donors (Lipinski definition) is 0. The molecule has 0 fully saturated rings. The highest BCUT2D eigenvalue weighted by Gasteiger charge is 1.92. The van der Waals surface area contributed by atoms with E-state index in [1.54, 1.807) is 17.8 Å². The molecular formula is C7H13NS. The normalized spacial score (nSPS) is 11.2. The first-order valence-electron chi connectivity index (χ1n) is 2.76. The van der Waals surface area contributed by atoms with E-state index in [9.17, 15) is 0 Å². The largest absolute Gasteiger partial charge is 0.373 e. The number of rotatable bonds is 3. The molecule has 52 valence electrons. The van der Waals surface area contributed by atoms with Crippen LogP contribution in [0.4, 0.5) is 0 Å². The van der Waals surface area contributed by atoms with Gasteiger partial charge < -0.3 is 4.90 Å². The second-order valence-corrected chi connectivity index (χ2v) is 2.67. The van der Waals surface area contributed by atoms with Crippen molar-refractivity contribution in [2.45, 2.75) is 0 Å². The zero-order valence-electron chi connectivity index (χ0n) is 6.22. The van der Waals surface area contributed by atoms with Gasteiger partial charge in [0.05, 0.1) is 5.03 Å². The zero-order chi connectivity index (χ0) is 7.28. The summed E-state index contributed by atoms with van der Waals surface area (Å²) in [6, 6.07) is 0. The summed E-state index contributed by atoms with van der Waals surface area (Å²) in [7, 11) is 4.04. The van der Waals surface area contributed by atoms with Crippen LogP contribution in [0.1, 0.15) is 0 Å². The van der Waals surface area contributed by atoms with Crippen molar-refractivity contribution in [3.63, 3.8) is 0 Å². The Bertz CT molecular complexity index is 116. The molecule has 0 unspecified atom stereocenters. The van der Waals surface area contributed by atoms with Crippen LogP contribution in [0.5, 0.6) is 0 Å². The highest BCUT2D eigenvalue weighted by atomic mass is 32.2. The van der Waals surface area contributed by atoms with E-state index in [-0.39, 0.29) is 0 Å². The molecule has 0 aromatic heterocycles. The molecule has 9 heavy (non-hydrogen) atoms. The van der Waals surface area contributed by atoms with E-state index in [0.29, 0.717) is 0 Å². The van der Waals surface area contributed by atoms with Gasteiger partial charge in [0, 0.05) is 14.1 Å². The summed E-state index contributed by atoms with van der Waals surface area (Å²) in [5, 5.41) is 1.23. The van der Waals surface area contributed by atoms with Gasteiger partial charge in [0.25, 0.3) is 0 Å². The first kappa shape index (κ1) is 8.63. The standard InChI is InChI=1S/C7H13NS/c1-5-6-7(9-4)8(2)3/h5-6H,1H2,2-4H3/b7-6-. The Balaban J connectivity index is 3.96. The van der Waals surface area contributed by atoms with E-state index in [2.05, 4.69) is 17.7 Å². The minimum atomic E-state index is 1.23. The second kappa shape index (κ2) is 4.50. The molecule has 0 aromatic carbocycles. The van der Waals surface area contributed by atoms with E-state index >= 15 is 0 Å². The summed E-state index contributed by atoms with van der Waals surface area (Å²) in [6.45, 7) is 3.61. The molecular weight excluding hydrogens is 130 g/mol. The number of hydrogen-bond acceptors (Lipinski definition) is 2. The molecule has 0 bridgehead atoms. The van der Waals surface area contributed by atoms with Gasteiger partial charge in [-0.3, -0.25) is 0 Å². The van der Waals surface area contributed by atoms with Gasteiger partial charge >= 0.3 is 0 Å². The van der Waals surface area contributed by atoms with Crippen LogP contribution < -0.4 is 0 Å². The minimum Gasteiger partial charge on any atom is -0.373 e. The van der Waals surface area contributed by atoms with Crippen LogP contribution >= 0.6 is 11.8 Å². The molecule has 0 aliphatic heterocycles.